The fourth-order valence-electron chi connectivity index (χ4n) is 2.82. The molecule has 1 N–H and O–H groups in total. The number of benzene rings is 3. The van der Waals surface area contributed by atoms with Gasteiger partial charge in [0, 0.05) is 19.2 Å². The van der Waals surface area contributed by atoms with Gasteiger partial charge >= 0.3 is 0 Å². The number of carbonyl (C=O) groups is 1. The lowest BCUT2D eigenvalue weighted by Gasteiger charge is -2.19. The van der Waals surface area contributed by atoms with E-state index < -0.39 is 10.0 Å². The van der Waals surface area contributed by atoms with Crippen molar-refractivity contribution in [2.45, 2.75) is 11.3 Å². The van der Waals surface area contributed by atoms with Gasteiger partial charge in [-0.05, 0) is 48.9 Å². The van der Waals surface area contributed by atoms with Crippen LogP contribution in [0.1, 0.15) is 16.8 Å². The molecule has 0 aliphatic carbocycles. The van der Waals surface area contributed by atoms with Gasteiger partial charge in [-0.3, -0.25) is 9.10 Å². The van der Waals surface area contributed by atoms with Crippen LogP contribution in [-0.2, 0) is 10.0 Å². The Morgan fingerprint density at radius 3 is 2.30 bits per heavy atom. The van der Waals surface area contributed by atoms with Gasteiger partial charge in [-0.1, -0.05) is 42.5 Å². The number of para-hydroxylation sites is 2. The largest absolute Gasteiger partial charge is 0.494 e. The quantitative estimate of drug-likeness (QED) is 0.532. The molecule has 0 saturated heterocycles. The van der Waals surface area contributed by atoms with Gasteiger partial charge in [-0.2, -0.15) is 0 Å². The number of hydrogen-bond donors (Lipinski definition) is 1. The second-order valence-electron chi connectivity index (χ2n) is 6.61. The van der Waals surface area contributed by atoms with E-state index in [-0.39, 0.29) is 10.8 Å². The number of rotatable bonds is 9. The molecule has 0 saturated carbocycles. The number of sulfonamides is 1. The standard InChI is InChI=1S/C23H24N2O4S/c1-25(20-11-4-2-5-12-20)30(27,28)22-15-8-10-19(18-22)23(26)24-16-9-17-29-21-13-6-3-7-14-21/h2-8,10-15,18H,9,16-17H2,1H3,(H,24,26). The fourth-order valence-corrected chi connectivity index (χ4v) is 4.06. The van der Waals surface area contributed by atoms with Crippen molar-refractivity contribution in [3.8, 4) is 5.75 Å². The minimum absolute atomic E-state index is 0.0638. The van der Waals surface area contributed by atoms with Crippen LogP contribution < -0.4 is 14.4 Å². The first-order valence-corrected chi connectivity index (χ1v) is 11.0. The van der Waals surface area contributed by atoms with Crippen LogP contribution in [0, 0.1) is 0 Å². The molecule has 3 rings (SSSR count). The van der Waals surface area contributed by atoms with Crippen LogP contribution in [0.4, 0.5) is 5.69 Å². The number of nitrogens with one attached hydrogen (secondary N) is 1. The van der Waals surface area contributed by atoms with Crippen molar-refractivity contribution in [2.24, 2.45) is 0 Å². The van der Waals surface area contributed by atoms with Crippen molar-refractivity contribution in [2.75, 3.05) is 24.5 Å². The Kier molecular flexibility index (Phi) is 7.08. The van der Waals surface area contributed by atoms with Gasteiger partial charge in [-0.15, -0.1) is 0 Å². The molecular weight excluding hydrogens is 400 g/mol. The lowest BCUT2D eigenvalue weighted by Crippen LogP contribution is -2.28. The lowest BCUT2D eigenvalue weighted by atomic mass is 10.2. The number of nitrogens with zero attached hydrogens (tertiary/aromatic N) is 1. The predicted molar refractivity (Wildman–Crippen MR) is 117 cm³/mol. The first kappa shape index (κ1) is 21.4. The zero-order valence-corrected chi connectivity index (χ0v) is 17.5. The minimum atomic E-state index is -3.77. The van der Waals surface area contributed by atoms with E-state index >= 15 is 0 Å². The van der Waals surface area contributed by atoms with Crippen LogP contribution in [0.3, 0.4) is 0 Å². The maximum atomic E-state index is 12.9. The van der Waals surface area contributed by atoms with E-state index in [4.69, 9.17) is 4.74 Å². The molecule has 0 bridgehead atoms. The van der Waals surface area contributed by atoms with E-state index in [1.165, 1.54) is 23.5 Å². The summed E-state index contributed by atoms with van der Waals surface area (Å²) in [5, 5.41) is 2.80. The molecule has 0 atom stereocenters. The summed E-state index contributed by atoms with van der Waals surface area (Å²) in [5.74, 6) is 0.457. The zero-order chi connectivity index (χ0) is 21.4. The summed E-state index contributed by atoms with van der Waals surface area (Å²) >= 11 is 0. The third-order valence-corrected chi connectivity index (χ3v) is 6.27. The highest BCUT2D eigenvalue weighted by atomic mass is 32.2. The molecule has 3 aromatic carbocycles. The maximum absolute atomic E-state index is 12.9. The van der Waals surface area contributed by atoms with Crippen molar-refractivity contribution in [1.82, 2.24) is 5.32 Å². The number of carbonyl (C=O) groups excluding carboxylic acids is 1. The normalized spacial score (nSPS) is 11.0. The predicted octanol–water partition coefficient (Wildman–Crippen LogP) is 3.71. The molecule has 0 unspecified atom stereocenters. The average Bonchev–Trinajstić information content (AvgIpc) is 2.79. The van der Waals surface area contributed by atoms with E-state index in [1.54, 1.807) is 36.4 Å². The monoisotopic (exact) mass is 424 g/mol. The number of hydrogen-bond acceptors (Lipinski definition) is 4. The molecule has 3 aromatic rings. The average molecular weight is 425 g/mol. The molecule has 0 radical (unpaired) electrons. The first-order valence-electron chi connectivity index (χ1n) is 9.58. The molecule has 0 aromatic heterocycles. The molecular formula is C23H24N2O4S. The Balaban J connectivity index is 1.58. The van der Waals surface area contributed by atoms with Crippen LogP contribution in [-0.4, -0.2) is 34.5 Å². The van der Waals surface area contributed by atoms with Crippen molar-refractivity contribution in [3.05, 3.63) is 90.5 Å². The third kappa shape index (κ3) is 5.39. The molecule has 0 fully saturated rings. The molecule has 156 valence electrons. The summed E-state index contributed by atoms with van der Waals surface area (Å²) < 4.78 is 32.6. The zero-order valence-electron chi connectivity index (χ0n) is 16.7. The first-order chi connectivity index (χ1) is 14.5. The van der Waals surface area contributed by atoms with Gasteiger partial charge in [0.15, 0.2) is 0 Å². The summed E-state index contributed by atoms with van der Waals surface area (Å²) in [4.78, 5) is 12.5. The number of anilines is 1. The van der Waals surface area contributed by atoms with Crippen molar-refractivity contribution < 1.29 is 17.9 Å². The summed E-state index contributed by atoms with van der Waals surface area (Å²) in [5.41, 5.74) is 0.840. The summed E-state index contributed by atoms with van der Waals surface area (Å²) in [6.45, 7) is 0.896. The van der Waals surface area contributed by atoms with Gasteiger partial charge in [0.05, 0.1) is 17.2 Å². The summed E-state index contributed by atoms with van der Waals surface area (Å²) in [6, 6.07) is 24.3. The smallest absolute Gasteiger partial charge is 0.264 e. The Labute approximate surface area is 177 Å². The molecule has 1 amide bonds. The fraction of sp³-hybridized carbons (Fsp3) is 0.174. The molecule has 0 heterocycles. The second-order valence-corrected chi connectivity index (χ2v) is 8.58. The van der Waals surface area contributed by atoms with Crippen molar-refractivity contribution in [1.29, 1.82) is 0 Å². The van der Waals surface area contributed by atoms with E-state index in [9.17, 15) is 13.2 Å². The van der Waals surface area contributed by atoms with Crippen LogP contribution in [0.2, 0.25) is 0 Å². The third-order valence-electron chi connectivity index (χ3n) is 4.49. The van der Waals surface area contributed by atoms with Gasteiger partial charge in [0.25, 0.3) is 15.9 Å². The topological polar surface area (TPSA) is 75.7 Å². The maximum Gasteiger partial charge on any atom is 0.264 e. The Hall–Kier alpha value is -3.32. The van der Waals surface area contributed by atoms with E-state index in [2.05, 4.69) is 5.32 Å². The summed E-state index contributed by atoms with van der Waals surface area (Å²) in [7, 11) is -2.28. The summed E-state index contributed by atoms with van der Waals surface area (Å²) in [6.07, 6.45) is 0.634. The minimum Gasteiger partial charge on any atom is -0.494 e. The van der Waals surface area contributed by atoms with Crippen molar-refractivity contribution in [3.63, 3.8) is 0 Å². The van der Waals surface area contributed by atoms with Crippen LogP contribution in [0.15, 0.2) is 89.8 Å². The van der Waals surface area contributed by atoms with Crippen molar-refractivity contribution >= 4 is 21.6 Å². The Morgan fingerprint density at radius 2 is 1.60 bits per heavy atom. The van der Waals surface area contributed by atoms with Gasteiger partial charge < -0.3 is 10.1 Å². The molecule has 7 heteroatoms. The number of ether oxygens (including phenoxy) is 1. The van der Waals surface area contributed by atoms with Crippen LogP contribution >= 0.6 is 0 Å². The second kappa shape index (κ2) is 9.93. The van der Waals surface area contributed by atoms with Crippen LogP contribution in [0.5, 0.6) is 5.75 Å². The Bertz CT molecular complexity index is 1070. The highest BCUT2D eigenvalue weighted by Crippen LogP contribution is 2.22. The lowest BCUT2D eigenvalue weighted by molar-refractivity contribution is 0.0951. The van der Waals surface area contributed by atoms with Gasteiger partial charge in [-0.25, -0.2) is 8.42 Å². The highest BCUT2D eigenvalue weighted by Gasteiger charge is 2.22. The molecule has 0 aliphatic rings. The van der Waals surface area contributed by atoms with Crippen LogP contribution in [0.25, 0.3) is 0 Å². The highest BCUT2D eigenvalue weighted by molar-refractivity contribution is 7.92. The molecule has 0 spiro atoms. The molecule has 0 aliphatic heterocycles. The van der Waals surface area contributed by atoms with E-state index in [1.807, 2.05) is 36.4 Å². The molecule has 6 nitrogen and oxygen atoms in total. The number of amides is 1. The Morgan fingerprint density at radius 1 is 0.933 bits per heavy atom. The van der Waals surface area contributed by atoms with Gasteiger partial charge in [0.2, 0.25) is 0 Å². The SMILES string of the molecule is CN(c1ccccc1)S(=O)(=O)c1cccc(C(=O)NCCCOc2ccccc2)c1. The van der Waals surface area contributed by atoms with E-state index in [0.29, 0.717) is 30.8 Å². The van der Waals surface area contributed by atoms with E-state index in [0.717, 1.165) is 5.75 Å². The van der Waals surface area contributed by atoms with Gasteiger partial charge in [0.1, 0.15) is 5.75 Å². The molecule has 30 heavy (non-hydrogen) atoms.